The van der Waals surface area contributed by atoms with E-state index in [2.05, 4.69) is 5.32 Å². The first-order valence-electron chi connectivity index (χ1n) is 5.65. The third-order valence-electron chi connectivity index (χ3n) is 3.19. The summed E-state index contributed by atoms with van der Waals surface area (Å²) >= 11 is 0. The quantitative estimate of drug-likeness (QED) is 0.615. The van der Waals surface area contributed by atoms with Gasteiger partial charge < -0.3 is 5.32 Å². The summed E-state index contributed by atoms with van der Waals surface area (Å²) in [4.78, 5) is 10.8. The van der Waals surface area contributed by atoms with Crippen molar-refractivity contribution in [2.45, 2.75) is 25.7 Å². The maximum atomic E-state index is 11.1. The zero-order valence-electron chi connectivity index (χ0n) is 9.40. The number of hydrogen-bond donors (Lipinski definition) is 1. The lowest BCUT2D eigenvalue weighted by molar-refractivity contribution is -0.386. The van der Waals surface area contributed by atoms with Crippen molar-refractivity contribution in [3.8, 4) is 0 Å². The SMILES string of the molecule is Cc1cccc(C2CCCNC2)c1[N+](=O)[O-]. The molecule has 0 bridgehead atoms. The number of nitrogens with one attached hydrogen (secondary N) is 1. The first kappa shape index (κ1) is 11.1. The number of para-hydroxylation sites is 1. The number of nitro groups is 1. The molecule has 1 saturated heterocycles. The van der Waals surface area contributed by atoms with E-state index in [9.17, 15) is 10.1 Å². The molecule has 1 fully saturated rings. The highest BCUT2D eigenvalue weighted by Gasteiger charge is 2.24. The third kappa shape index (κ3) is 2.07. The second-order valence-electron chi connectivity index (χ2n) is 4.31. The highest BCUT2D eigenvalue weighted by atomic mass is 16.6. The summed E-state index contributed by atoms with van der Waals surface area (Å²) < 4.78 is 0. The zero-order valence-corrected chi connectivity index (χ0v) is 9.40. The van der Waals surface area contributed by atoms with Gasteiger partial charge in [-0.05, 0) is 26.3 Å². The molecular formula is C12H16N2O2. The molecular weight excluding hydrogens is 204 g/mol. The molecule has 0 spiro atoms. The summed E-state index contributed by atoms with van der Waals surface area (Å²) in [5.41, 5.74) is 1.95. The van der Waals surface area contributed by atoms with Gasteiger partial charge in [0.1, 0.15) is 0 Å². The molecule has 4 nitrogen and oxygen atoms in total. The lowest BCUT2D eigenvalue weighted by atomic mass is 9.89. The summed E-state index contributed by atoms with van der Waals surface area (Å²) in [6.07, 6.45) is 2.13. The molecule has 4 heteroatoms. The highest BCUT2D eigenvalue weighted by molar-refractivity contribution is 5.49. The molecule has 0 radical (unpaired) electrons. The van der Waals surface area contributed by atoms with Crippen LogP contribution in [0.3, 0.4) is 0 Å². The Hall–Kier alpha value is -1.42. The predicted molar refractivity (Wildman–Crippen MR) is 62.7 cm³/mol. The van der Waals surface area contributed by atoms with Crippen molar-refractivity contribution in [3.63, 3.8) is 0 Å². The number of hydrogen-bond acceptors (Lipinski definition) is 3. The van der Waals surface area contributed by atoms with E-state index in [1.807, 2.05) is 12.1 Å². The van der Waals surface area contributed by atoms with E-state index in [-0.39, 0.29) is 10.8 Å². The number of aryl methyl sites for hydroxylation is 1. The smallest absolute Gasteiger partial charge is 0.275 e. The van der Waals surface area contributed by atoms with Crippen molar-refractivity contribution in [2.24, 2.45) is 0 Å². The van der Waals surface area contributed by atoms with Crippen LogP contribution >= 0.6 is 0 Å². The van der Waals surface area contributed by atoms with Gasteiger partial charge in [-0.2, -0.15) is 0 Å². The summed E-state index contributed by atoms with van der Waals surface area (Å²) in [5.74, 6) is 0.286. The molecule has 0 saturated carbocycles. The van der Waals surface area contributed by atoms with Gasteiger partial charge in [0.05, 0.1) is 4.92 Å². The monoisotopic (exact) mass is 220 g/mol. The fraction of sp³-hybridized carbons (Fsp3) is 0.500. The fourth-order valence-electron chi connectivity index (χ4n) is 2.38. The third-order valence-corrected chi connectivity index (χ3v) is 3.19. The fourth-order valence-corrected chi connectivity index (χ4v) is 2.38. The highest BCUT2D eigenvalue weighted by Crippen LogP contribution is 2.32. The van der Waals surface area contributed by atoms with Crippen molar-refractivity contribution < 1.29 is 4.92 Å². The molecule has 1 heterocycles. The van der Waals surface area contributed by atoms with Gasteiger partial charge in [0.2, 0.25) is 0 Å². The van der Waals surface area contributed by atoms with Crippen LogP contribution < -0.4 is 5.32 Å². The Balaban J connectivity index is 2.38. The Morgan fingerprint density at radius 1 is 1.50 bits per heavy atom. The minimum absolute atomic E-state index is 0.251. The van der Waals surface area contributed by atoms with E-state index in [1.165, 1.54) is 0 Å². The van der Waals surface area contributed by atoms with E-state index in [4.69, 9.17) is 0 Å². The first-order valence-corrected chi connectivity index (χ1v) is 5.65. The molecule has 86 valence electrons. The van der Waals surface area contributed by atoms with Gasteiger partial charge in [-0.3, -0.25) is 10.1 Å². The predicted octanol–water partition coefficient (Wildman–Crippen LogP) is 2.37. The first-order chi connectivity index (χ1) is 7.70. The Morgan fingerprint density at radius 2 is 2.31 bits per heavy atom. The lowest BCUT2D eigenvalue weighted by Gasteiger charge is -2.23. The Bertz CT molecular complexity index is 398. The summed E-state index contributed by atoms with van der Waals surface area (Å²) in [6, 6.07) is 5.60. The van der Waals surface area contributed by atoms with Crippen molar-refractivity contribution in [3.05, 3.63) is 39.4 Å². The number of nitrogens with zero attached hydrogens (tertiary/aromatic N) is 1. The van der Waals surface area contributed by atoms with Gasteiger partial charge in [-0.1, -0.05) is 18.2 Å². The van der Waals surface area contributed by atoms with Crippen molar-refractivity contribution >= 4 is 5.69 Å². The van der Waals surface area contributed by atoms with Crippen LogP contribution in [0.1, 0.15) is 29.9 Å². The Morgan fingerprint density at radius 3 is 2.94 bits per heavy atom. The topological polar surface area (TPSA) is 55.2 Å². The van der Waals surface area contributed by atoms with Gasteiger partial charge in [0, 0.05) is 23.6 Å². The van der Waals surface area contributed by atoms with E-state index < -0.39 is 0 Å². The maximum absolute atomic E-state index is 11.1. The van der Waals surface area contributed by atoms with Gasteiger partial charge in [0.15, 0.2) is 0 Å². The van der Waals surface area contributed by atoms with Crippen LogP contribution in [0.2, 0.25) is 0 Å². The zero-order chi connectivity index (χ0) is 11.5. The maximum Gasteiger partial charge on any atom is 0.275 e. The van der Waals surface area contributed by atoms with Crippen molar-refractivity contribution in [2.75, 3.05) is 13.1 Å². The van der Waals surface area contributed by atoms with Gasteiger partial charge in [-0.15, -0.1) is 0 Å². The average molecular weight is 220 g/mol. The van der Waals surface area contributed by atoms with Crippen molar-refractivity contribution in [1.82, 2.24) is 5.32 Å². The second kappa shape index (κ2) is 4.61. The van der Waals surface area contributed by atoms with Crippen molar-refractivity contribution in [1.29, 1.82) is 0 Å². The van der Waals surface area contributed by atoms with Crippen LogP contribution in [0.4, 0.5) is 5.69 Å². The van der Waals surface area contributed by atoms with Gasteiger partial charge in [-0.25, -0.2) is 0 Å². The van der Waals surface area contributed by atoms with Crippen LogP contribution in [0.25, 0.3) is 0 Å². The molecule has 1 aromatic carbocycles. The number of nitro benzene ring substituents is 1. The van der Waals surface area contributed by atoms with E-state index in [0.29, 0.717) is 5.69 Å². The summed E-state index contributed by atoms with van der Waals surface area (Å²) in [7, 11) is 0. The molecule has 16 heavy (non-hydrogen) atoms. The van der Waals surface area contributed by atoms with Crippen LogP contribution in [0, 0.1) is 17.0 Å². The molecule has 2 rings (SSSR count). The average Bonchev–Trinajstić information content (AvgIpc) is 2.29. The molecule has 1 N–H and O–H groups in total. The molecule has 0 aromatic heterocycles. The van der Waals surface area contributed by atoms with E-state index in [0.717, 1.165) is 37.1 Å². The standard InChI is InChI=1S/C12H16N2O2/c1-9-4-2-6-11(12(9)14(15)16)10-5-3-7-13-8-10/h2,4,6,10,13H,3,5,7-8H2,1H3. The largest absolute Gasteiger partial charge is 0.316 e. The van der Waals surface area contributed by atoms with Crippen LogP contribution in [0.15, 0.2) is 18.2 Å². The van der Waals surface area contributed by atoms with E-state index >= 15 is 0 Å². The molecule has 1 aromatic rings. The molecule has 1 atom stereocenters. The molecule has 0 aliphatic carbocycles. The Labute approximate surface area is 94.8 Å². The normalized spacial score (nSPS) is 20.7. The minimum atomic E-state index is -0.251. The lowest BCUT2D eigenvalue weighted by Crippen LogP contribution is -2.28. The molecule has 1 aliphatic rings. The second-order valence-corrected chi connectivity index (χ2v) is 4.31. The number of benzene rings is 1. The van der Waals surface area contributed by atoms with Crippen LogP contribution in [0.5, 0.6) is 0 Å². The summed E-state index contributed by atoms with van der Waals surface area (Å²) in [5, 5.41) is 14.4. The molecule has 0 amide bonds. The summed E-state index contributed by atoms with van der Waals surface area (Å²) in [6.45, 7) is 3.68. The molecule has 1 unspecified atom stereocenters. The number of piperidine rings is 1. The van der Waals surface area contributed by atoms with Crippen LogP contribution in [-0.2, 0) is 0 Å². The molecule has 1 aliphatic heterocycles. The van der Waals surface area contributed by atoms with Gasteiger partial charge in [0.25, 0.3) is 5.69 Å². The number of rotatable bonds is 2. The van der Waals surface area contributed by atoms with Gasteiger partial charge >= 0.3 is 0 Å². The van der Waals surface area contributed by atoms with Crippen LogP contribution in [-0.4, -0.2) is 18.0 Å². The van der Waals surface area contributed by atoms with E-state index in [1.54, 1.807) is 13.0 Å². The minimum Gasteiger partial charge on any atom is -0.316 e. The Kier molecular flexibility index (Phi) is 3.19.